The van der Waals surface area contributed by atoms with E-state index in [4.69, 9.17) is 9.84 Å². The zero-order valence-electron chi connectivity index (χ0n) is 13.9. The van der Waals surface area contributed by atoms with Crippen LogP contribution < -0.4 is 10.1 Å². The van der Waals surface area contributed by atoms with Crippen molar-refractivity contribution in [2.75, 3.05) is 46.4 Å². The zero-order valence-corrected chi connectivity index (χ0v) is 13.9. The first-order valence-electron chi connectivity index (χ1n) is 8.51. The van der Waals surface area contributed by atoms with Crippen molar-refractivity contribution in [1.29, 1.82) is 0 Å². The minimum Gasteiger partial charge on any atom is -0.497 e. The molecule has 0 atom stereocenters. The Kier molecular flexibility index (Phi) is 5.54. The van der Waals surface area contributed by atoms with Crippen LogP contribution in [-0.4, -0.2) is 61.0 Å². The molecule has 2 heterocycles. The summed E-state index contributed by atoms with van der Waals surface area (Å²) >= 11 is 0. The quantitative estimate of drug-likeness (QED) is 0.812. The van der Waals surface area contributed by atoms with Gasteiger partial charge in [0, 0.05) is 63.0 Å². The molecule has 0 saturated carbocycles. The molecule has 1 aliphatic heterocycles. The first-order chi connectivity index (χ1) is 11.3. The van der Waals surface area contributed by atoms with Crippen LogP contribution in [0.4, 0.5) is 0 Å². The summed E-state index contributed by atoms with van der Waals surface area (Å²) in [6.45, 7) is 6.62. The van der Waals surface area contributed by atoms with E-state index in [1.165, 1.54) is 16.5 Å². The Morgan fingerprint density at radius 3 is 2.78 bits per heavy atom. The van der Waals surface area contributed by atoms with Gasteiger partial charge in [-0.15, -0.1) is 0 Å². The maximum atomic E-state index is 9.12. The SMILES string of the molecule is COc1ccc2c(c1)c(CCN1CCNCC1)cn2CCCO. The number of benzene rings is 1. The van der Waals surface area contributed by atoms with E-state index in [1.54, 1.807) is 7.11 Å². The highest BCUT2D eigenvalue weighted by molar-refractivity contribution is 5.85. The van der Waals surface area contributed by atoms with Crippen LogP contribution in [0.2, 0.25) is 0 Å². The lowest BCUT2D eigenvalue weighted by Gasteiger charge is -2.26. The highest BCUT2D eigenvalue weighted by atomic mass is 16.5. The number of fused-ring (bicyclic) bond motifs is 1. The number of nitrogens with one attached hydrogen (secondary N) is 1. The highest BCUT2D eigenvalue weighted by Gasteiger charge is 2.13. The van der Waals surface area contributed by atoms with Crippen LogP contribution in [-0.2, 0) is 13.0 Å². The summed E-state index contributed by atoms with van der Waals surface area (Å²) < 4.78 is 7.66. The first kappa shape index (κ1) is 16.3. The predicted octanol–water partition coefficient (Wildman–Crippen LogP) is 1.48. The van der Waals surface area contributed by atoms with Gasteiger partial charge in [-0.05, 0) is 36.6 Å². The average molecular weight is 317 g/mol. The van der Waals surface area contributed by atoms with E-state index in [0.717, 1.165) is 57.9 Å². The van der Waals surface area contributed by atoms with Gasteiger partial charge in [-0.1, -0.05) is 0 Å². The molecule has 5 nitrogen and oxygen atoms in total. The summed E-state index contributed by atoms with van der Waals surface area (Å²) in [5.74, 6) is 0.904. The van der Waals surface area contributed by atoms with E-state index in [0.29, 0.717) is 0 Å². The molecule has 3 rings (SSSR count). The zero-order chi connectivity index (χ0) is 16.1. The molecule has 0 spiro atoms. The number of aromatic nitrogens is 1. The molecule has 23 heavy (non-hydrogen) atoms. The van der Waals surface area contributed by atoms with Crippen molar-refractivity contribution in [1.82, 2.24) is 14.8 Å². The number of aliphatic hydroxyl groups excluding tert-OH is 1. The fourth-order valence-corrected chi connectivity index (χ4v) is 3.32. The van der Waals surface area contributed by atoms with Gasteiger partial charge in [0.05, 0.1) is 7.11 Å². The van der Waals surface area contributed by atoms with Gasteiger partial charge in [0.2, 0.25) is 0 Å². The Bertz CT molecular complexity index is 632. The average Bonchev–Trinajstić information content (AvgIpc) is 2.96. The van der Waals surface area contributed by atoms with Gasteiger partial charge in [-0.2, -0.15) is 0 Å². The molecule has 0 radical (unpaired) electrons. The van der Waals surface area contributed by atoms with Crippen molar-refractivity contribution in [3.8, 4) is 5.75 Å². The van der Waals surface area contributed by atoms with Crippen molar-refractivity contribution in [3.63, 3.8) is 0 Å². The van der Waals surface area contributed by atoms with Gasteiger partial charge in [-0.3, -0.25) is 0 Å². The fraction of sp³-hybridized carbons (Fsp3) is 0.556. The number of hydrogen-bond donors (Lipinski definition) is 2. The molecule has 1 fully saturated rings. The van der Waals surface area contributed by atoms with Gasteiger partial charge in [0.25, 0.3) is 0 Å². The number of hydrogen-bond acceptors (Lipinski definition) is 4. The van der Waals surface area contributed by atoms with E-state index < -0.39 is 0 Å². The Morgan fingerprint density at radius 1 is 1.22 bits per heavy atom. The van der Waals surface area contributed by atoms with E-state index >= 15 is 0 Å². The van der Waals surface area contributed by atoms with E-state index in [2.05, 4.69) is 33.1 Å². The predicted molar refractivity (Wildman–Crippen MR) is 93.2 cm³/mol. The third-order valence-corrected chi connectivity index (χ3v) is 4.63. The number of piperazine rings is 1. The maximum Gasteiger partial charge on any atom is 0.119 e. The number of methoxy groups -OCH3 is 1. The van der Waals surface area contributed by atoms with Gasteiger partial charge >= 0.3 is 0 Å². The lowest BCUT2D eigenvalue weighted by atomic mass is 10.1. The second kappa shape index (κ2) is 7.81. The van der Waals surface area contributed by atoms with Crippen LogP contribution in [0.15, 0.2) is 24.4 Å². The molecule has 0 bridgehead atoms. The summed E-state index contributed by atoms with van der Waals surface area (Å²) in [6, 6.07) is 6.27. The summed E-state index contributed by atoms with van der Waals surface area (Å²) in [5, 5.41) is 13.8. The number of aliphatic hydroxyl groups is 1. The number of nitrogens with zero attached hydrogens (tertiary/aromatic N) is 2. The molecule has 1 aliphatic rings. The molecular weight excluding hydrogens is 290 g/mol. The third kappa shape index (κ3) is 3.86. The van der Waals surface area contributed by atoms with E-state index in [9.17, 15) is 0 Å². The lowest BCUT2D eigenvalue weighted by Crippen LogP contribution is -2.44. The van der Waals surface area contributed by atoms with Gasteiger partial charge < -0.3 is 24.6 Å². The fourth-order valence-electron chi connectivity index (χ4n) is 3.32. The molecule has 1 aromatic carbocycles. The van der Waals surface area contributed by atoms with Crippen LogP contribution in [0.5, 0.6) is 5.75 Å². The van der Waals surface area contributed by atoms with Crippen molar-refractivity contribution in [2.45, 2.75) is 19.4 Å². The molecule has 2 N–H and O–H groups in total. The molecule has 0 aliphatic carbocycles. The second-order valence-electron chi connectivity index (χ2n) is 6.15. The second-order valence-corrected chi connectivity index (χ2v) is 6.15. The third-order valence-electron chi connectivity index (χ3n) is 4.63. The Balaban J connectivity index is 1.81. The summed E-state index contributed by atoms with van der Waals surface area (Å²) in [5.41, 5.74) is 2.60. The minimum atomic E-state index is 0.228. The first-order valence-corrected chi connectivity index (χ1v) is 8.51. The van der Waals surface area contributed by atoms with Gasteiger partial charge in [-0.25, -0.2) is 0 Å². The molecule has 1 saturated heterocycles. The summed E-state index contributed by atoms with van der Waals surface area (Å²) in [6.07, 6.45) is 4.09. The maximum absolute atomic E-state index is 9.12. The number of rotatable bonds is 7. The lowest BCUT2D eigenvalue weighted by molar-refractivity contribution is 0.244. The smallest absolute Gasteiger partial charge is 0.119 e. The summed E-state index contributed by atoms with van der Waals surface area (Å²) in [4.78, 5) is 2.52. The monoisotopic (exact) mass is 317 g/mol. The Hall–Kier alpha value is -1.56. The topological polar surface area (TPSA) is 49.7 Å². The van der Waals surface area contributed by atoms with Crippen molar-refractivity contribution < 1.29 is 9.84 Å². The Morgan fingerprint density at radius 2 is 2.04 bits per heavy atom. The Labute approximate surface area is 137 Å². The standard InChI is InChI=1S/C18H27N3O2/c1-23-16-3-4-18-17(13-16)15(14-21(18)8-2-12-22)5-9-20-10-6-19-7-11-20/h3-4,13-14,19,22H,2,5-12H2,1H3. The van der Waals surface area contributed by atoms with Crippen molar-refractivity contribution in [2.24, 2.45) is 0 Å². The van der Waals surface area contributed by atoms with E-state index in [-0.39, 0.29) is 6.61 Å². The van der Waals surface area contributed by atoms with Crippen LogP contribution in [0.3, 0.4) is 0 Å². The highest BCUT2D eigenvalue weighted by Crippen LogP contribution is 2.27. The van der Waals surface area contributed by atoms with E-state index in [1.807, 2.05) is 6.07 Å². The van der Waals surface area contributed by atoms with Gasteiger partial charge in [0.15, 0.2) is 0 Å². The molecule has 2 aromatic rings. The minimum absolute atomic E-state index is 0.228. The molecule has 5 heteroatoms. The van der Waals surface area contributed by atoms with Gasteiger partial charge in [0.1, 0.15) is 5.75 Å². The molecule has 0 amide bonds. The molecular formula is C18H27N3O2. The molecule has 126 valence electrons. The van der Waals surface area contributed by atoms with Crippen LogP contribution in [0.25, 0.3) is 10.9 Å². The summed E-state index contributed by atoms with van der Waals surface area (Å²) in [7, 11) is 1.71. The van der Waals surface area contributed by atoms with Crippen LogP contribution >= 0.6 is 0 Å². The largest absolute Gasteiger partial charge is 0.497 e. The van der Waals surface area contributed by atoms with Crippen LogP contribution in [0.1, 0.15) is 12.0 Å². The van der Waals surface area contributed by atoms with Crippen molar-refractivity contribution in [3.05, 3.63) is 30.0 Å². The number of ether oxygens (including phenoxy) is 1. The molecule has 0 unspecified atom stereocenters. The number of aryl methyl sites for hydroxylation is 1. The molecule has 1 aromatic heterocycles. The van der Waals surface area contributed by atoms with Crippen molar-refractivity contribution >= 4 is 10.9 Å². The van der Waals surface area contributed by atoms with Crippen LogP contribution in [0, 0.1) is 0 Å². The normalized spacial score (nSPS) is 16.1.